The standard InChI is InChI=1S/C11H14O4/c1-2-10(12)14-7-8-15-11(13)9-5-3-4-6-9/h3-6,13H,2,7-8H2,1H3. The second-order valence-corrected chi connectivity index (χ2v) is 2.90. The van der Waals surface area contributed by atoms with E-state index in [0.717, 1.165) is 0 Å². The van der Waals surface area contributed by atoms with Gasteiger partial charge in [0, 0.05) is 6.42 Å². The van der Waals surface area contributed by atoms with E-state index in [2.05, 4.69) is 0 Å². The second kappa shape index (κ2) is 5.90. The van der Waals surface area contributed by atoms with Crippen molar-refractivity contribution in [1.82, 2.24) is 0 Å². The molecule has 0 radical (unpaired) electrons. The number of rotatable bonds is 5. The largest absolute Gasteiger partial charge is 0.481 e. The maximum Gasteiger partial charge on any atom is 0.305 e. The van der Waals surface area contributed by atoms with Crippen LogP contribution in [0.4, 0.5) is 0 Å². The number of hydrogen-bond acceptors (Lipinski definition) is 4. The van der Waals surface area contributed by atoms with Crippen molar-refractivity contribution >= 4 is 5.97 Å². The minimum atomic E-state index is -0.272. The van der Waals surface area contributed by atoms with Crippen LogP contribution < -0.4 is 0 Å². The van der Waals surface area contributed by atoms with E-state index in [0.29, 0.717) is 12.0 Å². The van der Waals surface area contributed by atoms with Gasteiger partial charge in [0.05, 0.1) is 5.57 Å². The first-order chi connectivity index (χ1) is 7.24. The first-order valence-electron chi connectivity index (χ1n) is 4.80. The quantitative estimate of drug-likeness (QED) is 0.427. The molecule has 0 saturated carbocycles. The normalized spacial score (nSPS) is 13.0. The number of aliphatic hydroxyl groups is 1. The lowest BCUT2D eigenvalue weighted by Crippen LogP contribution is -2.09. The zero-order valence-electron chi connectivity index (χ0n) is 8.60. The molecule has 4 heteroatoms. The van der Waals surface area contributed by atoms with Crippen molar-refractivity contribution in [3.63, 3.8) is 0 Å². The Balaban J connectivity index is 2.20. The van der Waals surface area contributed by atoms with Crippen LogP contribution in [0, 0.1) is 0 Å². The van der Waals surface area contributed by atoms with E-state index in [1.165, 1.54) is 0 Å². The third-order valence-corrected chi connectivity index (χ3v) is 1.78. The van der Waals surface area contributed by atoms with Crippen molar-refractivity contribution in [3.8, 4) is 0 Å². The molecule has 0 bridgehead atoms. The Kier molecular flexibility index (Phi) is 4.47. The Morgan fingerprint density at radius 2 is 1.87 bits per heavy atom. The number of carbonyl (C=O) groups is 1. The summed E-state index contributed by atoms with van der Waals surface area (Å²) in [5.41, 5.74) is 0.622. The van der Waals surface area contributed by atoms with Crippen molar-refractivity contribution < 1.29 is 19.4 Å². The van der Waals surface area contributed by atoms with Gasteiger partial charge in [-0.2, -0.15) is 0 Å². The number of hydrogen-bond donors (Lipinski definition) is 1. The van der Waals surface area contributed by atoms with Crippen molar-refractivity contribution in [2.75, 3.05) is 13.2 Å². The molecule has 0 aromatic heterocycles. The summed E-state index contributed by atoms with van der Waals surface area (Å²) >= 11 is 0. The van der Waals surface area contributed by atoms with Gasteiger partial charge in [-0.25, -0.2) is 0 Å². The van der Waals surface area contributed by atoms with Crippen LogP contribution in [0.15, 0.2) is 35.8 Å². The summed E-state index contributed by atoms with van der Waals surface area (Å²) in [5, 5.41) is 9.39. The van der Waals surface area contributed by atoms with E-state index < -0.39 is 0 Å². The third-order valence-electron chi connectivity index (χ3n) is 1.78. The fourth-order valence-electron chi connectivity index (χ4n) is 0.996. The molecule has 0 aromatic carbocycles. The van der Waals surface area contributed by atoms with Crippen LogP contribution in [-0.4, -0.2) is 24.3 Å². The molecule has 15 heavy (non-hydrogen) atoms. The Bertz CT molecular complexity index is 299. The smallest absolute Gasteiger partial charge is 0.305 e. The fourth-order valence-corrected chi connectivity index (χ4v) is 0.996. The minimum absolute atomic E-state index is 0.146. The predicted octanol–water partition coefficient (Wildman–Crippen LogP) is 1.85. The molecule has 1 aliphatic rings. The third kappa shape index (κ3) is 3.89. The molecule has 1 aliphatic carbocycles. The zero-order valence-corrected chi connectivity index (χ0v) is 8.60. The Labute approximate surface area is 88.5 Å². The average Bonchev–Trinajstić information content (AvgIpc) is 2.77. The van der Waals surface area contributed by atoms with Crippen LogP contribution in [-0.2, 0) is 14.3 Å². The van der Waals surface area contributed by atoms with Crippen LogP contribution in [0.5, 0.6) is 0 Å². The highest BCUT2D eigenvalue weighted by molar-refractivity contribution is 5.68. The number of allylic oxidation sites excluding steroid dienone is 5. The fraction of sp³-hybridized carbons (Fsp3) is 0.364. The minimum Gasteiger partial charge on any atom is -0.481 e. The predicted molar refractivity (Wildman–Crippen MR) is 55.1 cm³/mol. The molecule has 82 valence electrons. The van der Waals surface area contributed by atoms with Crippen molar-refractivity contribution in [3.05, 3.63) is 35.8 Å². The van der Waals surface area contributed by atoms with Crippen LogP contribution in [0.1, 0.15) is 13.3 Å². The molecule has 0 atom stereocenters. The van der Waals surface area contributed by atoms with Gasteiger partial charge in [-0.3, -0.25) is 4.79 Å². The Morgan fingerprint density at radius 1 is 1.27 bits per heavy atom. The summed E-state index contributed by atoms with van der Waals surface area (Å²) in [4.78, 5) is 10.7. The van der Waals surface area contributed by atoms with Gasteiger partial charge in [-0.1, -0.05) is 19.1 Å². The van der Waals surface area contributed by atoms with Crippen molar-refractivity contribution in [1.29, 1.82) is 0 Å². The van der Waals surface area contributed by atoms with Crippen LogP contribution in [0.25, 0.3) is 0 Å². The van der Waals surface area contributed by atoms with Gasteiger partial charge in [0.15, 0.2) is 0 Å². The van der Waals surface area contributed by atoms with Gasteiger partial charge in [-0.15, -0.1) is 0 Å². The van der Waals surface area contributed by atoms with Crippen molar-refractivity contribution in [2.24, 2.45) is 0 Å². The maximum atomic E-state index is 10.7. The lowest BCUT2D eigenvalue weighted by Gasteiger charge is -2.06. The summed E-state index contributed by atoms with van der Waals surface area (Å²) in [6.07, 6.45) is 7.40. The van der Waals surface area contributed by atoms with Crippen molar-refractivity contribution in [2.45, 2.75) is 13.3 Å². The SMILES string of the molecule is CCC(=O)OCCOC(O)=C1C=CC=C1. The molecule has 1 N–H and O–H groups in total. The molecule has 0 amide bonds. The molecule has 0 fully saturated rings. The molecule has 0 unspecified atom stereocenters. The molecule has 0 heterocycles. The van der Waals surface area contributed by atoms with Gasteiger partial charge >= 0.3 is 5.97 Å². The lowest BCUT2D eigenvalue weighted by atomic mass is 10.3. The van der Waals surface area contributed by atoms with E-state index in [1.807, 2.05) is 0 Å². The van der Waals surface area contributed by atoms with Gasteiger partial charge in [0.1, 0.15) is 13.2 Å². The highest BCUT2D eigenvalue weighted by atomic mass is 16.6. The number of ether oxygens (including phenoxy) is 2. The monoisotopic (exact) mass is 210 g/mol. The topological polar surface area (TPSA) is 55.8 Å². The van der Waals surface area contributed by atoms with Crippen LogP contribution in [0.3, 0.4) is 0 Å². The first-order valence-corrected chi connectivity index (χ1v) is 4.80. The number of aliphatic hydroxyl groups excluding tert-OH is 1. The lowest BCUT2D eigenvalue weighted by molar-refractivity contribution is -0.144. The van der Waals surface area contributed by atoms with E-state index in [9.17, 15) is 9.90 Å². The first kappa shape index (κ1) is 11.4. The molecule has 4 nitrogen and oxygen atoms in total. The summed E-state index contributed by atoms with van der Waals surface area (Å²) in [7, 11) is 0. The highest BCUT2D eigenvalue weighted by Crippen LogP contribution is 2.11. The van der Waals surface area contributed by atoms with Gasteiger partial charge < -0.3 is 14.6 Å². The van der Waals surface area contributed by atoms with Crippen LogP contribution in [0.2, 0.25) is 0 Å². The molecular formula is C11H14O4. The summed E-state index contributed by atoms with van der Waals surface area (Å²) in [5.74, 6) is -0.418. The zero-order chi connectivity index (χ0) is 11.1. The highest BCUT2D eigenvalue weighted by Gasteiger charge is 2.04. The van der Waals surface area contributed by atoms with Gasteiger partial charge in [0.2, 0.25) is 0 Å². The molecule has 0 aromatic rings. The number of esters is 1. The Morgan fingerprint density at radius 3 is 2.47 bits per heavy atom. The molecule has 0 aliphatic heterocycles. The van der Waals surface area contributed by atoms with E-state index in [1.54, 1.807) is 31.2 Å². The Hall–Kier alpha value is -1.71. The summed E-state index contributed by atoms with van der Waals surface area (Å²) in [6, 6.07) is 0. The van der Waals surface area contributed by atoms with E-state index in [4.69, 9.17) is 9.47 Å². The van der Waals surface area contributed by atoms with Gasteiger partial charge in [0.25, 0.3) is 5.95 Å². The molecule has 0 spiro atoms. The molecule has 0 saturated heterocycles. The number of carbonyl (C=O) groups excluding carboxylic acids is 1. The average molecular weight is 210 g/mol. The van der Waals surface area contributed by atoms with Crippen LogP contribution >= 0.6 is 0 Å². The van der Waals surface area contributed by atoms with E-state index in [-0.39, 0.29) is 25.1 Å². The maximum absolute atomic E-state index is 10.7. The second-order valence-electron chi connectivity index (χ2n) is 2.90. The molecular weight excluding hydrogens is 196 g/mol. The van der Waals surface area contributed by atoms with E-state index >= 15 is 0 Å². The van der Waals surface area contributed by atoms with Gasteiger partial charge in [-0.05, 0) is 12.2 Å². The summed E-state index contributed by atoms with van der Waals surface area (Å²) < 4.78 is 9.75. The molecule has 1 rings (SSSR count). The summed E-state index contributed by atoms with van der Waals surface area (Å²) in [6.45, 7) is 2.02.